The van der Waals surface area contributed by atoms with Gasteiger partial charge in [-0.05, 0) is 18.6 Å². The molecule has 2 aromatic rings. The van der Waals surface area contributed by atoms with E-state index in [-0.39, 0.29) is 18.4 Å². The van der Waals surface area contributed by atoms with Gasteiger partial charge < -0.3 is 20.5 Å². The molecule has 0 saturated carbocycles. The van der Waals surface area contributed by atoms with Gasteiger partial charge in [-0.3, -0.25) is 9.78 Å². The second-order valence-electron chi connectivity index (χ2n) is 5.18. The number of pyridine rings is 1. The summed E-state index contributed by atoms with van der Waals surface area (Å²) in [7, 11) is 1.55. The molecule has 23 heavy (non-hydrogen) atoms. The first-order chi connectivity index (χ1) is 11.2. The van der Waals surface area contributed by atoms with Gasteiger partial charge in [0.1, 0.15) is 11.3 Å². The number of nitrogens with two attached hydrogens (primary N) is 1. The molecule has 0 fully saturated rings. The highest BCUT2D eigenvalue weighted by atomic mass is 16.5. The molecule has 1 aromatic heterocycles. The molecule has 0 aliphatic carbocycles. The van der Waals surface area contributed by atoms with Crippen LogP contribution in [0, 0.1) is 0 Å². The van der Waals surface area contributed by atoms with Gasteiger partial charge in [0.25, 0.3) is 0 Å². The minimum Gasteiger partial charge on any atom is -0.491 e. The zero-order valence-corrected chi connectivity index (χ0v) is 13.3. The number of carbonyl (C=O) groups excluding carboxylic acids is 1. The Hall–Kier alpha value is -2.18. The van der Waals surface area contributed by atoms with Gasteiger partial charge in [-0.15, -0.1) is 0 Å². The molecular weight excluding hydrogens is 294 g/mol. The van der Waals surface area contributed by atoms with E-state index in [1.54, 1.807) is 13.3 Å². The lowest BCUT2D eigenvalue weighted by molar-refractivity contribution is -0.123. The molecule has 0 aliphatic heterocycles. The molecule has 1 heterocycles. The van der Waals surface area contributed by atoms with Crippen LogP contribution in [0.4, 0.5) is 0 Å². The quantitative estimate of drug-likeness (QED) is 0.684. The Balaban J connectivity index is 1.72. The van der Waals surface area contributed by atoms with Gasteiger partial charge in [-0.25, -0.2) is 0 Å². The number of hydrogen-bond acceptors (Lipinski definition) is 5. The maximum atomic E-state index is 11.7. The second-order valence-corrected chi connectivity index (χ2v) is 5.18. The van der Waals surface area contributed by atoms with Crippen molar-refractivity contribution >= 4 is 16.8 Å². The number of nitrogens with zero attached hydrogens (tertiary/aromatic N) is 1. The second kappa shape index (κ2) is 9.07. The smallest absolute Gasteiger partial charge is 0.222 e. The largest absolute Gasteiger partial charge is 0.491 e. The molecule has 0 aliphatic rings. The highest BCUT2D eigenvalue weighted by molar-refractivity contribution is 5.84. The van der Waals surface area contributed by atoms with Crippen LogP contribution in [0.2, 0.25) is 0 Å². The maximum absolute atomic E-state index is 11.7. The van der Waals surface area contributed by atoms with Gasteiger partial charge in [0.05, 0.1) is 19.1 Å². The Kier molecular flexibility index (Phi) is 6.77. The summed E-state index contributed by atoms with van der Waals surface area (Å²) >= 11 is 0. The number of fused-ring (bicyclic) bond motifs is 1. The summed E-state index contributed by atoms with van der Waals surface area (Å²) in [5.74, 6) is 0.700. The molecular formula is C17H23N3O3. The van der Waals surface area contributed by atoms with Gasteiger partial charge in [0, 0.05) is 31.8 Å². The number of ether oxygens (including phenoxy) is 2. The first-order valence-electron chi connectivity index (χ1n) is 7.70. The molecule has 1 aromatic carbocycles. The highest BCUT2D eigenvalue weighted by Crippen LogP contribution is 2.22. The lowest BCUT2D eigenvalue weighted by Crippen LogP contribution is -2.33. The summed E-state index contributed by atoms with van der Waals surface area (Å²) in [6.07, 6.45) is 2.52. The van der Waals surface area contributed by atoms with E-state index < -0.39 is 0 Å². The fourth-order valence-corrected chi connectivity index (χ4v) is 2.22. The summed E-state index contributed by atoms with van der Waals surface area (Å²) in [5, 5.41) is 3.88. The Morgan fingerprint density at radius 1 is 1.35 bits per heavy atom. The van der Waals surface area contributed by atoms with Crippen LogP contribution >= 0.6 is 0 Å². The fraction of sp³-hybridized carbons (Fsp3) is 0.412. The van der Waals surface area contributed by atoms with Gasteiger partial charge in [-0.1, -0.05) is 18.2 Å². The first kappa shape index (κ1) is 17.2. The Morgan fingerprint density at radius 2 is 2.17 bits per heavy atom. The molecule has 1 unspecified atom stereocenters. The standard InChI is InChI=1S/C17H23N3O3/c1-22-14(12-18)11-16(21)19-9-4-10-23-15-7-2-5-13-6-3-8-20-17(13)15/h2-3,5-8,14H,4,9-12,18H2,1H3,(H,19,21). The predicted octanol–water partition coefficient (Wildman–Crippen LogP) is 1.48. The molecule has 0 radical (unpaired) electrons. The SMILES string of the molecule is COC(CN)CC(=O)NCCCOc1cccc2cccnc12. The van der Waals surface area contributed by atoms with Crippen LogP contribution in [0.15, 0.2) is 36.5 Å². The van der Waals surface area contributed by atoms with Crippen molar-refractivity contribution in [2.75, 3.05) is 26.8 Å². The molecule has 2 rings (SSSR count). The van der Waals surface area contributed by atoms with Gasteiger partial charge in [0.2, 0.25) is 5.91 Å². The van der Waals surface area contributed by atoms with Crippen LogP contribution in [0.25, 0.3) is 10.9 Å². The fourth-order valence-electron chi connectivity index (χ4n) is 2.22. The molecule has 1 atom stereocenters. The number of methoxy groups -OCH3 is 1. The number of hydrogen-bond donors (Lipinski definition) is 2. The molecule has 3 N–H and O–H groups in total. The van der Waals surface area contributed by atoms with Crippen LogP contribution < -0.4 is 15.8 Å². The lowest BCUT2D eigenvalue weighted by atomic mass is 10.2. The normalized spacial score (nSPS) is 12.1. The number of benzene rings is 1. The first-order valence-corrected chi connectivity index (χ1v) is 7.70. The van der Waals surface area contributed by atoms with E-state index in [9.17, 15) is 4.79 Å². The van der Waals surface area contributed by atoms with Crippen molar-refractivity contribution in [3.05, 3.63) is 36.5 Å². The lowest BCUT2D eigenvalue weighted by Gasteiger charge is -2.13. The van der Waals surface area contributed by atoms with Gasteiger partial charge in [-0.2, -0.15) is 0 Å². The third kappa shape index (κ3) is 5.19. The zero-order chi connectivity index (χ0) is 16.5. The Morgan fingerprint density at radius 3 is 2.96 bits per heavy atom. The average Bonchev–Trinajstić information content (AvgIpc) is 2.59. The van der Waals surface area contributed by atoms with E-state index in [4.69, 9.17) is 15.2 Å². The van der Waals surface area contributed by atoms with Crippen LogP contribution in [0.5, 0.6) is 5.75 Å². The van der Waals surface area contributed by atoms with E-state index in [1.165, 1.54) is 0 Å². The number of carbonyl (C=O) groups is 1. The minimum absolute atomic E-state index is 0.0610. The highest BCUT2D eigenvalue weighted by Gasteiger charge is 2.10. The molecule has 0 spiro atoms. The van der Waals surface area contributed by atoms with Crippen molar-refractivity contribution in [2.24, 2.45) is 5.73 Å². The van der Waals surface area contributed by atoms with Crippen molar-refractivity contribution in [3.8, 4) is 5.75 Å². The molecule has 6 heteroatoms. The molecule has 124 valence electrons. The maximum Gasteiger partial charge on any atom is 0.222 e. The summed E-state index contributed by atoms with van der Waals surface area (Å²) < 4.78 is 10.8. The average molecular weight is 317 g/mol. The zero-order valence-electron chi connectivity index (χ0n) is 13.3. The van der Waals surface area contributed by atoms with Gasteiger partial charge >= 0.3 is 0 Å². The van der Waals surface area contributed by atoms with Crippen molar-refractivity contribution in [3.63, 3.8) is 0 Å². The molecule has 6 nitrogen and oxygen atoms in total. The van der Waals surface area contributed by atoms with Crippen LogP contribution in [0.3, 0.4) is 0 Å². The number of amides is 1. The van der Waals surface area contributed by atoms with E-state index in [0.29, 0.717) is 19.7 Å². The Bertz CT molecular complexity index is 624. The van der Waals surface area contributed by atoms with Crippen LogP contribution in [0.1, 0.15) is 12.8 Å². The number of aromatic nitrogens is 1. The minimum atomic E-state index is -0.229. The topological polar surface area (TPSA) is 86.5 Å². The third-order valence-electron chi connectivity index (χ3n) is 3.51. The monoisotopic (exact) mass is 317 g/mol. The summed E-state index contributed by atoms with van der Waals surface area (Å²) in [6.45, 7) is 1.40. The van der Waals surface area contributed by atoms with E-state index in [1.807, 2.05) is 30.3 Å². The molecule has 0 bridgehead atoms. The number of rotatable bonds is 9. The van der Waals surface area contributed by atoms with E-state index >= 15 is 0 Å². The van der Waals surface area contributed by atoms with Crippen molar-refractivity contribution < 1.29 is 14.3 Å². The molecule has 0 saturated heterocycles. The predicted molar refractivity (Wildman–Crippen MR) is 89.3 cm³/mol. The van der Waals surface area contributed by atoms with Crippen LogP contribution in [-0.2, 0) is 9.53 Å². The summed E-state index contributed by atoms with van der Waals surface area (Å²) in [6, 6.07) is 9.74. The van der Waals surface area contributed by atoms with Crippen molar-refractivity contribution in [2.45, 2.75) is 18.9 Å². The van der Waals surface area contributed by atoms with Gasteiger partial charge in [0.15, 0.2) is 0 Å². The van der Waals surface area contributed by atoms with Crippen molar-refractivity contribution in [1.82, 2.24) is 10.3 Å². The number of nitrogens with one attached hydrogen (secondary N) is 1. The van der Waals surface area contributed by atoms with E-state index in [2.05, 4.69) is 10.3 Å². The number of para-hydroxylation sites is 1. The molecule has 1 amide bonds. The van der Waals surface area contributed by atoms with Crippen molar-refractivity contribution in [1.29, 1.82) is 0 Å². The summed E-state index contributed by atoms with van der Waals surface area (Å²) in [5.41, 5.74) is 6.34. The van der Waals surface area contributed by atoms with Crippen LogP contribution in [-0.4, -0.2) is 43.8 Å². The van der Waals surface area contributed by atoms with E-state index in [0.717, 1.165) is 23.1 Å². The third-order valence-corrected chi connectivity index (χ3v) is 3.51. The summed E-state index contributed by atoms with van der Waals surface area (Å²) in [4.78, 5) is 16.0. The Labute approximate surface area is 136 Å².